The van der Waals surface area contributed by atoms with Crippen LogP contribution in [0.4, 0.5) is 11.5 Å². The molecule has 0 atom stereocenters. The molecule has 0 fully saturated rings. The molecule has 0 aromatic carbocycles. The quantitative estimate of drug-likeness (QED) is 0.638. The summed E-state index contributed by atoms with van der Waals surface area (Å²) in [6, 6.07) is 6.41. The van der Waals surface area contributed by atoms with Crippen LogP contribution in [0.2, 0.25) is 0 Å². The number of nitrogens with zero attached hydrogens (tertiary/aromatic N) is 5. The fourth-order valence-corrected chi connectivity index (χ4v) is 2.47. The Kier molecular flexibility index (Phi) is 5.51. The number of aromatic hydroxyl groups is 1. The van der Waals surface area contributed by atoms with E-state index in [2.05, 4.69) is 15.4 Å². The summed E-state index contributed by atoms with van der Waals surface area (Å²) in [6.45, 7) is 2.82. The second kappa shape index (κ2) is 8.00. The van der Waals surface area contributed by atoms with E-state index in [1.165, 1.54) is 16.9 Å². The van der Waals surface area contributed by atoms with E-state index < -0.39 is 0 Å². The third kappa shape index (κ3) is 4.14. The van der Waals surface area contributed by atoms with Gasteiger partial charge in [0.25, 0.3) is 5.56 Å². The van der Waals surface area contributed by atoms with E-state index in [-0.39, 0.29) is 22.9 Å². The lowest BCUT2D eigenvalue weighted by Crippen LogP contribution is -2.26. The first-order valence-corrected chi connectivity index (χ1v) is 8.52. The van der Waals surface area contributed by atoms with E-state index in [9.17, 15) is 9.90 Å². The second-order valence-corrected chi connectivity index (χ2v) is 6.21. The second-order valence-electron chi connectivity index (χ2n) is 6.21. The maximum Gasteiger partial charge on any atom is 0.254 e. The Balaban J connectivity index is 2.07. The van der Waals surface area contributed by atoms with E-state index in [4.69, 9.17) is 8.94 Å². The van der Waals surface area contributed by atoms with Crippen LogP contribution in [0.3, 0.4) is 0 Å². The number of pyridine rings is 1. The number of aryl methyl sites for hydroxylation is 1. The van der Waals surface area contributed by atoms with Crippen LogP contribution in [-0.4, -0.2) is 40.4 Å². The van der Waals surface area contributed by atoms with Gasteiger partial charge in [-0.25, -0.2) is 0 Å². The standard InChI is InChI=1S/C18H21N5O4/c1-4-12-10-15(21-27-12)19-20-17-13(14-6-5-9-26-14)11-16(24)23(18(17)25)8-7-22(2)3/h5-6,9-11,25H,4,7-8H2,1-3H3. The lowest BCUT2D eigenvalue weighted by Gasteiger charge is -2.14. The maximum absolute atomic E-state index is 12.5. The van der Waals surface area contributed by atoms with Gasteiger partial charge in [0.2, 0.25) is 11.7 Å². The van der Waals surface area contributed by atoms with Crippen molar-refractivity contribution in [1.29, 1.82) is 0 Å². The summed E-state index contributed by atoms with van der Waals surface area (Å²) >= 11 is 0. The molecule has 0 radical (unpaired) electrons. The summed E-state index contributed by atoms with van der Waals surface area (Å²) in [6.07, 6.45) is 2.16. The fourth-order valence-electron chi connectivity index (χ4n) is 2.47. The van der Waals surface area contributed by atoms with Crippen LogP contribution in [0, 0.1) is 0 Å². The Morgan fingerprint density at radius 3 is 2.74 bits per heavy atom. The highest BCUT2D eigenvalue weighted by atomic mass is 16.5. The van der Waals surface area contributed by atoms with Gasteiger partial charge in [0.15, 0.2) is 5.69 Å². The molecular weight excluding hydrogens is 350 g/mol. The third-order valence-corrected chi connectivity index (χ3v) is 3.96. The number of azo groups is 1. The Bertz CT molecular complexity index is 986. The fraction of sp³-hybridized carbons (Fsp3) is 0.333. The van der Waals surface area contributed by atoms with Gasteiger partial charge in [-0.15, -0.1) is 10.2 Å². The maximum atomic E-state index is 12.5. The van der Waals surface area contributed by atoms with Crippen molar-refractivity contribution in [3.63, 3.8) is 0 Å². The number of hydrogen-bond acceptors (Lipinski definition) is 8. The Labute approximate surface area is 155 Å². The van der Waals surface area contributed by atoms with E-state index in [1.807, 2.05) is 25.9 Å². The van der Waals surface area contributed by atoms with Crippen LogP contribution in [0.25, 0.3) is 11.3 Å². The van der Waals surface area contributed by atoms with E-state index in [1.54, 1.807) is 18.2 Å². The number of furan rings is 1. The molecule has 3 rings (SSSR count). The molecule has 3 heterocycles. The molecule has 142 valence electrons. The third-order valence-electron chi connectivity index (χ3n) is 3.96. The number of aromatic nitrogens is 2. The van der Waals surface area contributed by atoms with Gasteiger partial charge in [0.05, 0.1) is 11.8 Å². The lowest BCUT2D eigenvalue weighted by molar-refractivity contribution is 0.350. The molecule has 0 spiro atoms. The molecule has 0 amide bonds. The van der Waals surface area contributed by atoms with Gasteiger partial charge in [-0.2, -0.15) is 0 Å². The highest BCUT2D eigenvalue weighted by molar-refractivity contribution is 5.75. The summed E-state index contributed by atoms with van der Waals surface area (Å²) < 4.78 is 11.7. The summed E-state index contributed by atoms with van der Waals surface area (Å²) in [4.78, 5) is 14.4. The molecule has 0 bridgehead atoms. The highest BCUT2D eigenvalue weighted by Gasteiger charge is 2.18. The summed E-state index contributed by atoms with van der Waals surface area (Å²) in [7, 11) is 3.77. The summed E-state index contributed by atoms with van der Waals surface area (Å²) in [5.41, 5.74) is 0.130. The molecular formula is C18H21N5O4. The van der Waals surface area contributed by atoms with Gasteiger partial charge in [-0.05, 0) is 26.2 Å². The van der Waals surface area contributed by atoms with E-state index >= 15 is 0 Å². The molecule has 0 saturated heterocycles. The van der Waals surface area contributed by atoms with Crippen LogP contribution in [-0.2, 0) is 13.0 Å². The molecule has 0 aliphatic carbocycles. The predicted octanol–water partition coefficient (Wildman–Crippen LogP) is 3.34. The van der Waals surface area contributed by atoms with Crippen LogP contribution in [0.1, 0.15) is 12.7 Å². The monoisotopic (exact) mass is 371 g/mol. The minimum atomic E-state index is -0.352. The van der Waals surface area contributed by atoms with Crippen molar-refractivity contribution < 1.29 is 14.0 Å². The van der Waals surface area contributed by atoms with Gasteiger partial charge in [0, 0.05) is 31.6 Å². The van der Waals surface area contributed by atoms with Gasteiger partial charge >= 0.3 is 0 Å². The zero-order valence-electron chi connectivity index (χ0n) is 15.4. The Morgan fingerprint density at radius 2 is 2.11 bits per heavy atom. The Hall–Kier alpha value is -3.20. The smallest absolute Gasteiger partial charge is 0.254 e. The first kappa shape index (κ1) is 18.6. The first-order valence-electron chi connectivity index (χ1n) is 8.52. The normalized spacial score (nSPS) is 11.7. The molecule has 3 aromatic heterocycles. The van der Waals surface area contributed by atoms with Crippen molar-refractivity contribution >= 4 is 11.5 Å². The number of rotatable bonds is 7. The van der Waals surface area contributed by atoms with Crippen LogP contribution in [0.5, 0.6) is 5.88 Å². The number of likely N-dealkylation sites (N-methyl/N-ethyl adjacent to an activating group) is 1. The van der Waals surface area contributed by atoms with Gasteiger partial charge < -0.3 is 18.9 Å². The van der Waals surface area contributed by atoms with Crippen molar-refractivity contribution in [2.24, 2.45) is 10.2 Å². The lowest BCUT2D eigenvalue weighted by atomic mass is 10.1. The van der Waals surface area contributed by atoms with E-state index in [0.29, 0.717) is 36.6 Å². The average molecular weight is 371 g/mol. The number of hydrogen-bond donors (Lipinski definition) is 1. The van der Waals surface area contributed by atoms with Gasteiger partial charge in [0.1, 0.15) is 11.5 Å². The molecule has 9 nitrogen and oxygen atoms in total. The van der Waals surface area contributed by atoms with Gasteiger partial charge in [-0.3, -0.25) is 9.36 Å². The van der Waals surface area contributed by atoms with Crippen molar-refractivity contribution in [2.45, 2.75) is 19.9 Å². The predicted molar refractivity (Wildman–Crippen MR) is 98.7 cm³/mol. The van der Waals surface area contributed by atoms with Crippen molar-refractivity contribution in [2.75, 3.05) is 20.6 Å². The topological polar surface area (TPSA) is 109 Å². The Morgan fingerprint density at radius 1 is 1.30 bits per heavy atom. The van der Waals surface area contributed by atoms with Crippen LogP contribution >= 0.6 is 0 Å². The van der Waals surface area contributed by atoms with Crippen molar-refractivity contribution in [1.82, 2.24) is 14.6 Å². The molecule has 0 aliphatic rings. The van der Waals surface area contributed by atoms with Crippen molar-refractivity contribution in [3.05, 3.63) is 46.6 Å². The minimum absolute atomic E-state index is 0.129. The average Bonchev–Trinajstić information content (AvgIpc) is 3.32. The SMILES string of the molecule is CCc1cc(N=Nc2c(-c3ccco3)cc(=O)n(CCN(C)C)c2O)no1. The molecule has 9 heteroatoms. The summed E-state index contributed by atoms with van der Waals surface area (Å²) in [5.74, 6) is 1.09. The van der Waals surface area contributed by atoms with Crippen LogP contribution in [0.15, 0.2) is 54.5 Å². The minimum Gasteiger partial charge on any atom is -0.493 e. The molecule has 0 aliphatic heterocycles. The molecule has 1 N–H and O–H groups in total. The summed E-state index contributed by atoms with van der Waals surface area (Å²) in [5, 5.41) is 22.7. The zero-order chi connectivity index (χ0) is 19.4. The van der Waals surface area contributed by atoms with Crippen LogP contribution < -0.4 is 5.56 Å². The van der Waals surface area contributed by atoms with E-state index in [0.717, 1.165) is 0 Å². The molecule has 0 unspecified atom stereocenters. The zero-order valence-corrected chi connectivity index (χ0v) is 15.4. The molecule has 27 heavy (non-hydrogen) atoms. The van der Waals surface area contributed by atoms with Crippen molar-refractivity contribution in [3.8, 4) is 17.2 Å². The largest absolute Gasteiger partial charge is 0.493 e. The molecule has 0 saturated carbocycles. The van der Waals surface area contributed by atoms with Gasteiger partial charge in [-0.1, -0.05) is 12.1 Å². The highest BCUT2D eigenvalue weighted by Crippen LogP contribution is 2.37. The first-order chi connectivity index (χ1) is 13.0. The molecule has 3 aromatic rings.